The normalized spacial score (nSPS) is 29.0. The third-order valence-electron chi connectivity index (χ3n) is 2.03. The van der Waals surface area contributed by atoms with Gasteiger partial charge in [0.1, 0.15) is 0 Å². The molecule has 0 spiro atoms. The van der Waals surface area contributed by atoms with E-state index in [1.165, 1.54) is 11.1 Å². The van der Waals surface area contributed by atoms with Gasteiger partial charge in [0, 0.05) is 13.1 Å². The van der Waals surface area contributed by atoms with Crippen molar-refractivity contribution in [3.8, 4) is 0 Å². The Hall–Kier alpha value is -0.820. The second-order valence-electron chi connectivity index (χ2n) is 2.99. The van der Waals surface area contributed by atoms with Crippen molar-refractivity contribution in [1.29, 1.82) is 0 Å². The van der Waals surface area contributed by atoms with Gasteiger partial charge in [-0.1, -0.05) is 32.2 Å². The molecule has 1 heterocycles. The average molecular weight is 149 g/mol. The first kappa shape index (κ1) is 8.28. The minimum Gasteiger partial charge on any atom is -0.312 e. The van der Waals surface area contributed by atoms with E-state index in [0.29, 0.717) is 5.92 Å². The maximum Gasteiger partial charge on any atom is 0.0202 e. The molecule has 1 saturated heterocycles. The fourth-order valence-electron chi connectivity index (χ4n) is 1.41. The van der Waals surface area contributed by atoms with Gasteiger partial charge in [0.25, 0.3) is 0 Å². The molecule has 60 valence electrons. The molecule has 1 nitrogen and oxygen atoms in total. The van der Waals surface area contributed by atoms with E-state index in [4.69, 9.17) is 0 Å². The molecular formula is C10H15N. The maximum atomic E-state index is 3.99. The third-order valence-corrected chi connectivity index (χ3v) is 2.03. The van der Waals surface area contributed by atoms with Crippen molar-refractivity contribution in [2.75, 3.05) is 13.1 Å². The van der Waals surface area contributed by atoms with Crippen molar-refractivity contribution < 1.29 is 0 Å². The summed E-state index contributed by atoms with van der Waals surface area (Å²) >= 11 is 0. The molecule has 0 aromatic heterocycles. The van der Waals surface area contributed by atoms with Crippen molar-refractivity contribution in [3.05, 3.63) is 36.5 Å². The summed E-state index contributed by atoms with van der Waals surface area (Å²) in [6, 6.07) is 0. The molecule has 1 N–H and O–H groups in total. The predicted octanol–water partition coefficient (Wildman–Crippen LogP) is 1.89. The van der Waals surface area contributed by atoms with Gasteiger partial charge in [-0.15, -0.1) is 0 Å². The standard InChI is InChI=1S/C10H15N/c1-4-5-10-8(2)6-11-7-9(10)3/h4-5,9,11H,1-2,6-7H2,3H3/b10-5+. The summed E-state index contributed by atoms with van der Waals surface area (Å²) in [5.74, 6) is 0.578. The Morgan fingerprint density at radius 2 is 2.36 bits per heavy atom. The van der Waals surface area contributed by atoms with Crippen LogP contribution in [0.4, 0.5) is 0 Å². The lowest BCUT2D eigenvalue weighted by Gasteiger charge is -2.24. The molecule has 11 heavy (non-hydrogen) atoms. The molecule has 1 rings (SSSR count). The molecule has 1 atom stereocenters. The Labute approximate surface area is 68.5 Å². The largest absolute Gasteiger partial charge is 0.312 e. The van der Waals surface area contributed by atoms with Gasteiger partial charge in [0.15, 0.2) is 0 Å². The lowest BCUT2D eigenvalue weighted by atomic mass is 9.91. The van der Waals surface area contributed by atoms with Gasteiger partial charge in [-0.2, -0.15) is 0 Å². The lowest BCUT2D eigenvalue weighted by molar-refractivity contribution is 0.556. The molecule has 0 amide bonds. The summed E-state index contributed by atoms with van der Waals surface area (Å²) < 4.78 is 0. The van der Waals surface area contributed by atoms with Gasteiger partial charge in [0.05, 0.1) is 0 Å². The first-order valence-corrected chi connectivity index (χ1v) is 3.97. The van der Waals surface area contributed by atoms with Crippen molar-refractivity contribution in [2.45, 2.75) is 6.92 Å². The summed E-state index contributed by atoms with van der Waals surface area (Å²) in [5.41, 5.74) is 2.54. The molecule has 1 aliphatic heterocycles. The van der Waals surface area contributed by atoms with E-state index in [2.05, 4.69) is 31.5 Å². The van der Waals surface area contributed by atoms with Crippen LogP contribution in [0.1, 0.15) is 6.92 Å². The molecule has 0 aromatic rings. The van der Waals surface area contributed by atoms with Crippen molar-refractivity contribution in [1.82, 2.24) is 5.32 Å². The predicted molar refractivity (Wildman–Crippen MR) is 49.5 cm³/mol. The zero-order valence-corrected chi connectivity index (χ0v) is 7.06. The summed E-state index contributed by atoms with van der Waals surface area (Å²) in [6.07, 6.45) is 3.90. The van der Waals surface area contributed by atoms with E-state index in [1.54, 1.807) is 0 Å². The minimum absolute atomic E-state index is 0.578. The summed E-state index contributed by atoms with van der Waals surface area (Å²) in [7, 11) is 0. The van der Waals surface area contributed by atoms with Gasteiger partial charge in [-0.05, 0) is 17.1 Å². The highest BCUT2D eigenvalue weighted by molar-refractivity contribution is 5.36. The minimum atomic E-state index is 0.578. The number of nitrogens with one attached hydrogen (secondary N) is 1. The van der Waals surface area contributed by atoms with Crippen LogP contribution in [0.3, 0.4) is 0 Å². The Balaban J connectivity index is 2.78. The van der Waals surface area contributed by atoms with Crippen molar-refractivity contribution >= 4 is 0 Å². The topological polar surface area (TPSA) is 12.0 Å². The molecule has 0 radical (unpaired) electrons. The number of piperidine rings is 1. The Morgan fingerprint density at radius 1 is 1.64 bits per heavy atom. The average Bonchev–Trinajstić information content (AvgIpc) is 1.97. The van der Waals surface area contributed by atoms with Gasteiger partial charge >= 0.3 is 0 Å². The van der Waals surface area contributed by atoms with Crippen LogP contribution in [0, 0.1) is 5.92 Å². The lowest BCUT2D eigenvalue weighted by Crippen LogP contribution is -2.31. The van der Waals surface area contributed by atoms with Gasteiger partial charge in [-0.3, -0.25) is 0 Å². The molecule has 1 fully saturated rings. The van der Waals surface area contributed by atoms with Crippen LogP contribution in [0.25, 0.3) is 0 Å². The second-order valence-corrected chi connectivity index (χ2v) is 2.99. The zero-order chi connectivity index (χ0) is 8.27. The highest BCUT2D eigenvalue weighted by Crippen LogP contribution is 2.20. The van der Waals surface area contributed by atoms with Crippen LogP contribution >= 0.6 is 0 Å². The van der Waals surface area contributed by atoms with E-state index in [9.17, 15) is 0 Å². The molecule has 1 unspecified atom stereocenters. The monoisotopic (exact) mass is 149 g/mol. The van der Waals surface area contributed by atoms with Crippen molar-refractivity contribution in [3.63, 3.8) is 0 Å². The quantitative estimate of drug-likeness (QED) is 0.600. The van der Waals surface area contributed by atoms with Crippen molar-refractivity contribution in [2.24, 2.45) is 5.92 Å². The molecular weight excluding hydrogens is 134 g/mol. The first-order chi connectivity index (χ1) is 5.25. The number of hydrogen-bond donors (Lipinski definition) is 1. The summed E-state index contributed by atoms with van der Waals surface area (Å²) in [4.78, 5) is 0. The molecule has 0 aromatic carbocycles. The molecule has 1 heteroatoms. The van der Waals surface area contributed by atoms with E-state index >= 15 is 0 Å². The Kier molecular flexibility index (Phi) is 2.66. The first-order valence-electron chi connectivity index (χ1n) is 3.97. The van der Waals surface area contributed by atoms with E-state index < -0.39 is 0 Å². The third kappa shape index (κ3) is 1.81. The molecule has 0 saturated carbocycles. The second kappa shape index (κ2) is 3.54. The zero-order valence-electron chi connectivity index (χ0n) is 7.06. The van der Waals surface area contributed by atoms with Crippen LogP contribution in [-0.4, -0.2) is 13.1 Å². The van der Waals surface area contributed by atoms with Crippen LogP contribution in [-0.2, 0) is 0 Å². The fraction of sp³-hybridized carbons (Fsp3) is 0.400. The van der Waals surface area contributed by atoms with Gasteiger partial charge in [-0.25, -0.2) is 0 Å². The number of hydrogen-bond acceptors (Lipinski definition) is 1. The molecule has 0 aliphatic carbocycles. The van der Waals surface area contributed by atoms with Crippen LogP contribution in [0.5, 0.6) is 0 Å². The highest BCUT2D eigenvalue weighted by Gasteiger charge is 2.15. The van der Waals surface area contributed by atoms with Gasteiger partial charge < -0.3 is 5.32 Å². The smallest absolute Gasteiger partial charge is 0.0202 e. The van der Waals surface area contributed by atoms with E-state index in [-0.39, 0.29) is 0 Å². The van der Waals surface area contributed by atoms with Crippen LogP contribution in [0.15, 0.2) is 36.5 Å². The molecule has 1 aliphatic rings. The number of allylic oxidation sites excluding steroid dienone is 2. The molecule has 0 bridgehead atoms. The van der Waals surface area contributed by atoms with Crippen LogP contribution in [0.2, 0.25) is 0 Å². The number of rotatable bonds is 1. The van der Waals surface area contributed by atoms with E-state index in [1.807, 2.05) is 6.08 Å². The van der Waals surface area contributed by atoms with Crippen LogP contribution < -0.4 is 5.32 Å². The maximum absolute atomic E-state index is 3.99. The van der Waals surface area contributed by atoms with Gasteiger partial charge in [0.2, 0.25) is 0 Å². The SMILES string of the molecule is C=C/C=C1\C(=C)CNCC1C. The Morgan fingerprint density at radius 3 is 2.91 bits per heavy atom. The highest BCUT2D eigenvalue weighted by atomic mass is 14.9. The summed E-state index contributed by atoms with van der Waals surface area (Å²) in [6.45, 7) is 11.8. The van der Waals surface area contributed by atoms with E-state index in [0.717, 1.165) is 13.1 Å². The summed E-state index contributed by atoms with van der Waals surface area (Å²) in [5, 5.41) is 3.30. The fourth-order valence-corrected chi connectivity index (χ4v) is 1.41. The Bertz CT molecular complexity index is 201.